The van der Waals surface area contributed by atoms with E-state index in [-0.39, 0.29) is 11.9 Å². The molecule has 1 aromatic carbocycles. The van der Waals surface area contributed by atoms with Gasteiger partial charge in [0, 0.05) is 23.9 Å². The van der Waals surface area contributed by atoms with Crippen molar-refractivity contribution in [3.8, 4) is 0 Å². The van der Waals surface area contributed by atoms with Crippen LogP contribution in [0.3, 0.4) is 0 Å². The minimum Gasteiger partial charge on any atom is -0.380 e. The van der Waals surface area contributed by atoms with E-state index >= 15 is 0 Å². The van der Waals surface area contributed by atoms with Crippen molar-refractivity contribution in [3.05, 3.63) is 29.3 Å². The standard InChI is InChI=1S/C13H21N3O2/c1-4-18-8-10(3)15-13(17)12-6-5-11(16-14)7-9(12)2/h5-7,10,16H,4,8,14H2,1-3H3,(H,15,17). The first-order valence-electron chi connectivity index (χ1n) is 6.04. The monoisotopic (exact) mass is 251 g/mol. The first-order chi connectivity index (χ1) is 8.58. The van der Waals surface area contributed by atoms with Crippen LogP contribution < -0.4 is 16.6 Å². The summed E-state index contributed by atoms with van der Waals surface area (Å²) in [5, 5.41) is 2.89. The summed E-state index contributed by atoms with van der Waals surface area (Å²) in [6, 6.07) is 5.36. The number of anilines is 1. The molecule has 4 N–H and O–H groups in total. The summed E-state index contributed by atoms with van der Waals surface area (Å²) in [6.45, 7) is 6.89. The molecule has 0 bridgehead atoms. The van der Waals surface area contributed by atoms with Crippen molar-refractivity contribution in [2.45, 2.75) is 26.8 Å². The second-order valence-electron chi connectivity index (χ2n) is 4.21. The Hall–Kier alpha value is -1.59. The lowest BCUT2D eigenvalue weighted by molar-refractivity contribution is 0.0871. The molecule has 18 heavy (non-hydrogen) atoms. The van der Waals surface area contributed by atoms with E-state index < -0.39 is 0 Å². The van der Waals surface area contributed by atoms with Gasteiger partial charge in [0.1, 0.15) is 0 Å². The zero-order valence-electron chi connectivity index (χ0n) is 11.1. The molecule has 5 heteroatoms. The Kier molecular flexibility index (Phi) is 5.61. The molecular formula is C13H21N3O2. The number of hydrogen-bond acceptors (Lipinski definition) is 4. The summed E-state index contributed by atoms with van der Waals surface area (Å²) in [7, 11) is 0. The van der Waals surface area contributed by atoms with Crippen LogP contribution in [0.2, 0.25) is 0 Å². The van der Waals surface area contributed by atoms with Crippen molar-refractivity contribution in [2.75, 3.05) is 18.6 Å². The van der Waals surface area contributed by atoms with Crippen LogP contribution in [0.15, 0.2) is 18.2 Å². The lowest BCUT2D eigenvalue weighted by Crippen LogP contribution is -2.36. The predicted molar refractivity (Wildman–Crippen MR) is 72.4 cm³/mol. The third-order valence-electron chi connectivity index (χ3n) is 2.59. The van der Waals surface area contributed by atoms with Crippen LogP contribution in [-0.2, 0) is 4.74 Å². The molecule has 1 amide bonds. The van der Waals surface area contributed by atoms with Gasteiger partial charge in [-0.05, 0) is 44.5 Å². The molecule has 0 saturated heterocycles. The van der Waals surface area contributed by atoms with Crippen molar-refractivity contribution in [1.29, 1.82) is 0 Å². The Morgan fingerprint density at radius 2 is 2.22 bits per heavy atom. The summed E-state index contributed by atoms with van der Waals surface area (Å²) in [6.07, 6.45) is 0. The molecule has 1 unspecified atom stereocenters. The third kappa shape index (κ3) is 4.01. The number of hydrogen-bond donors (Lipinski definition) is 3. The fraction of sp³-hybridized carbons (Fsp3) is 0.462. The maximum Gasteiger partial charge on any atom is 0.251 e. The second kappa shape index (κ2) is 6.98. The Labute approximate surface area is 108 Å². The average Bonchev–Trinajstić information content (AvgIpc) is 2.35. The summed E-state index contributed by atoms with van der Waals surface area (Å²) < 4.78 is 5.26. The Morgan fingerprint density at radius 1 is 1.50 bits per heavy atom. The lowest BCUT2D eigenvalue weighted by atomic mass is 10.1. The highest BCUT2D eigenvalue weighted by Crippen LogP contribution is 2.14. The van der Waals surface area contributed by atoms with Crippen molar-refractivity contribution < 1.29 is 9.53 Å². The molecule has 1 rings (SSSR count). The molecule has 0 radical (unpaired) electrons. The van der Waals surface area contributed by atoms with Crippen molar-refractivity contribution in [1.82, 2.24) is 5.32 Å². The number of nitrogens with two attached hydrogens (primary N) is 1. The fourth-order valence-electron chi connectivity index (χ4n) is 1.65. The molecular weight excluding hydrogens is 230 g/mol. The molecule has 0 heterocycles. The van der Waals surface area contributed by atoms with Gasteiger partial charge in [-0.3, -0.25) is 10.6 Å². The number of carbonyl (C=O) groups is 1. The van der Waals surface area contributed by atoms with E-state index in [1.165, 1.54) is 0 Å². The van der Waals surface area contributed by atoms with Crippen LogP contribution in [0.5, 0.6) is 0 Å². The van der Waals surface area contributed by atoms with Crippen LogP contribution >= 0.6 is 0 Å². The van der Waals surface area contributed by atoms with Gasteiger partial charge >= 0.3 is 0 Å². The Bertz CT molecular complexity index is 407. The molecule has 0 aliphatic carbocycles. The first kappa shape index (κ1) is 14.5. The van der Waals surface area contributed by atoms with Crippen molar-refractivity contribution in [3.63, 3.8) is 0 Å². The molecule has 5 nitrogen and oxygen atoms in total. The highest BCUT2D eigenvalue weighted by Gasteiger charge is 2.12. The molecule has 100 valence electrons. The lowest BCUT2D eigenvalue weighted by Gasteiger charge is -2.15. The number of ether oxygens (including phenoxy) is 1. The number of hydrazine groups is 1. The smallest absolute Gasteiger partial charge is 0.251 e. The maximum atomic E-state index is 12.0. The van der Waals surface area contributed by atoms with Gasteiger partial charge in [0.15, 0.2) is 0 Å². The van der Waals surface area contributed by atoms with E-state index in [1.54, 1.807) is 12.1 Å². The molecule has 0 fully saturated rings. The quantitative estimate of drug-likeness (QED) is 0.528. The maximum absolute atomic E-state index is 12.0. The van der Waals surface area contributed by atoms with Gasteiger partial charge < -0.3 is 15.5 Å². The van der Waals surface area contributed by atoms with Crippen LogP contribution in [0, 0.1) is 6.92 Å². The predicted octanol–water partition coefficient (Wildman–Crippen LogP) is 1.44. The van der Waals surface area contributed by atoms with E-state index in [0.717, 1.165) is 11.3 Å². The number of aryl methyl sites for hydroxylation is 1. The van der Waals surface area contributed by atoms with Gasteiger partial charge in [-0.2, -0.15) is 0 Å². The highest BCUT2D eigenvalue weighted by atomic mass is 16.5. The van der Waals surface area contributed by atoms with Crippen LogP contribution in [-0.4, -0.2) is 25.2 Å². The summed E-state index contributed by atoms with van der Waals surface area (Å²) in [5.74, 6) is 5.22. The number of nitrogen functional groups attached to an aromatic ring is 1. The highest BCUT2D eigenvalue weighted by molar-refractivity contribution is 5.96. The van der Waals surface area contributed by atoms with Crippen molar-refractivity contribution in [2.24, 2.45) is 5.84 Å². The molecule has 0 aromatic heterocycles. The topological polar surface area (TPSA) is 76.4 Å². The third-order valence-corrected chi connectivity index (χ3v) is 2.59. The molecule has 0 aliphatic heterocycles. The van der Waals surface area contributed by atoms with E-state index in [4.69, 9.17) is 10.6 Å². The molecule has 0 saturated carbocycles. The first-order valence-corrected chi connectivity index (χ1v) is 6.04. The van der Waals surface area contributed by atoms with Crippen LogP contribution in [0.4, 0.5) is 5.69 Å². The zero-order chi connectivity index (χ0) is 13.5. The number of nitrogens with one attached hydrogen (secondary N) is 2. The second-order valence-corrected chi connectivity index (χ2v) is 4.21. The number of benzene rings is 1. The van der Waals surface area contributed by atoms with Gasteiger partial charge in [0.05, 0.1) is 6.61 Å². The number of carbonyl (C=O) groups excluding carboxylic acids is 1. The summed E-state index contributed by atoms with van der Waals surface area (Å²) in [5.41, 5.74) is 4.87. The SMILES string of the molecule is CCOCC(C)NC(=O)c1ccc(NN)cc1C. The number of amides is 1. The molecule has 1 aromatic rings. The van der Waals surface area contributed by atoms with Gasteiger partial charge in [0.25, 0.3) is 5.91 Å². The average molecular weight is 251 g/mol. The Balaban J connectivity index is 2.66. The molecule has 0 spiro atoms. The van der Waals surface area contributed by atoms with E-state index in [9.17, 15) is 4.79 Å². The van der Waals surface area contributed by atoms with Crippen molar-refractivity contribution >= 4 is 11.6 Å². The fourth-order valence-corrected chi connectivity index (χ4v) is 1.65. The number of rotatable bonds is 6. The van der Waals surface area contributed by atoms with Crippen LogP contribution in [0.25, 0.3) is 0 Å². The minimum atomic E-state index is -0.0942. The van der Waals surface area contributed by atoms with E-state index in [1.807, 2.05) is 26.8 Å². The summed E-state index contributed by atoms with van der Waals surface area (Å²) in [4.78, 5) is 12.0. The normalized spacial score (nSPS) is 12.0. The van der Waals surface area contributed by atoms with Crippen LogP contribution in [0.1, 0.15) is 29.8 Å². The minimum absolute atomic E-state index is 0.0100. The molecule has 0 aliphatic rings. The van der Waals surface area contributed by atoms with Gasteiger partial charge in [-0.25, -0.2) is 0 Å². The van der Waals surface area contributed by atoms with Gasteiger partial charge in [0.2, 0.25) is 0 Å². The largest absolute Gasteiger partial charge is 0.380 e. The zero-order valence-corrected chi connectivity index (χ0v) is 11.1. The van der Waals surface area contributed by atoms with Gasteiger partial charge in [-0.15, -0.1) is 0 Å². The van der Waals surface area contributed by atoms with Gasteiger partial charge in [-0.1, -0.05) is 0 Å². The van der Waals surface area contributed by atoms with E-state index in [0.29, 0.717) is 18.8 Å². The van der Waals surface area contributed by atoms with E-state index in [2.05, 4.69) is 10.7 Å². The molecule has 1 atom stereocenters. The Morgan fingerprint density at radius 3 is 2.78 bits per heavy atom. The summed E-state index contributed by atoms with van der Waals surface area (Å²) >= 11 is 0.